The van der Waals surface area contributed by atoms with Crippen LogP contribution in [0.25, 0.3) is 4.96 Å². The van der Waals surface area contributed by atoms with E-state index in [-0.39, 0.29) is 17.6 Å². The van der Waals surface area contributed by atoms with Crippen LogP contribution in [0, 0.1) is 0 Å². The minimum atomic E-state index is -0.372. The average Bonchev–Trinajstić information content (AvgIpc) is 3.09. The molecule has 0 saturated carbocycles. The lowest BCUT2D eigenvalue weighted by Crippen LogP contribution is -2.45. The number of nitrogens with zero attached hydrogens (tertiary/aromatic N) is 3. The van der Waals surface area contributed by atoms with Crippen molar-refractivity contribution in [1.82, 2.24) is 14.3 Å². The summed E-state index contributed by atoms with van der Waals surface area (Å²) in [4.78, 5) is 31.7. The van der Waals surface area contributed by atoms with Gasteiger partial charge in [0, 0.05) is 30.7 Å². The number of rotatable bonds is 3. The molecular formula is C18H17N3O3S. The second-order valence-electron chi connectivity index (χ2n) is 6.06. The van der Waals surface area contributed by atoms with E-state index in [0.29, 0.717) is 30.2 Å². The van der Waals surface area contributed by atoms with E-state index in [1.807, 2.05) is 28.5 Å². The Balaban J connectivity index is 1.68. The van der Waals surface area contributed by atoms with Gasteiger partial charge in [0.2, 0.25) is 0 Å². The van der Waals surface area contributed by atoms with Crippen molar-refractivity contribution in [3.05, 3.63) is 69.1 Å². The number of benzene rings is 1. The molecule has 1 aliphatic heterocycles. The van der Waals surface area contributed by atoms with E-state index in [1.165, 1.54) is 34.5 Å². The zero-order chi connectivity index (χ0) is 17.4. The molecule has 25 heavy (non-hydrogen) atoms. The highest BCUT2D eigenvalue weighted by atomic mass is 32.1. The largest absolute Gasteiger partial charge is 0.468 e. The Hall–Kier alpha value is -2.51. The highest BCUT2D eigenvalue weighted by molar-refractivity contribution is 7.15. The van der Waals surface area contributed by atoms with Crippen LogP contribution in [0.3, 0.4) is 0 Å². The monoisotopic (exact) mass is 355 g/mol. The van der Waals surface area contributed by atoms with Crippen molar-refractivity contribution in [3.8, 4) is 0 Å². The number of methoxy groups -OCH3 is 1. The number of aromatic nitrogens is 2. The molecule has 0 bridgehead atoms. The SMILES string of the molecule is COC(=O)C1Cc2ccccc2CN1Cc1cc(=O)n2ccsc2n1. The smallest absolute Gasteiger partial charge is 0.323 e. The van der Waals surface area contributed by atoms with Crippen molar-refractivity contribution >= 4 is 22.3 Å². The summed E-state index contributed by atoms with van der Waals surface area (Å²) in [5.74, 6) is -0.261. The van der Waals surface area contributed by atoms with Gasteiger partial charge in [0.05, 0.1) is 12.8 Å². The van der Waals surface area contributed by atoms with Crippen molar-refractivity contribution in [2.24, 2.45) is 0 Å². The Labute approximate surface area is 148 Å². The first-order valence-corrected chi connectivity index (χ1v) is 8.88. The number of hydrogen-bond acceptors (Lipinski definition) is 6. The van der Waals surface area contributed by atoms with E-state index in [1.54, 1.807) is 6.20 Å². The van der Waals surface area contributed by atoms with Crippen molar-refractivity contribution < 1.29 is 9.53 Å². The maximum atomic E-state index is 12.3. The molecule has 0 aliphatic carbocycles. The third-order valence-electron chi connectivity index (χ3n) is 4.54. The molecule has 0 amide bonds. The van der Waals surface area contributed by atoms with Crippen LogP contribution in [0.2, 0.25) is 0 Å². The maximum absolute atomic E-state index is 12.3. The van der Waals surface area contributed by atoms with Crippen molar-refractivity contribution in [1.29, 1.82) is 0 Å². The molecule has 0 spiro atoms. The van der Waals surface area contributed by atoms with Crippen LogP contribution in [-0.4, -0.2) is 33.4 Å². The summed E-state index contributed by atoms with van der Waals surface area (Å²) >= 11 is 1.42. The summed E-state index contributed by atoms with van der Waals surface area (Å²) in [5, 5.41) is 1.84. The highest BCUT2D eigenvalue weighted by Crippen LogP contribution is 2.25. The Morgan fingerprint density at radius 2 is 2.16 bits per heavy atom. The lowest BCUT2D eigenvalue weighted by molar-refractivity contribution is -0.148. The number of carbonyl (C=O) groups is 1. The Bertz CT molecular complexity index is 994. The van der Waals surface area contributed by atoms with Gasteiger partial charge in [-0.3, -0.25) is 18.9 Å². The fourth-order valence-corrected chi connectivity index (χ4v) is 4.03. The average molecular weight is 355 g/mol. The summed E-state index contributed by atoms with van der Waals surface area (Å²) in [6, 6.07) is 9.26. The Kier molecular flexibility index (Phi) is 4.10. The molecule has 0 saturated heterocycles. The number of hydrogen-bond donors (Lipinski definition) is 0. The van der Waals surface area contributed by atoms with Crippen LogP contribution in [0.1, 0.15) is 16.8 Å². The van der Waals surface area contributed by atoms with E-state index in [4.69, 9.17) is 4.74 Å². The zero-order valence-corrected chi connectivity index (χ0v) is 14.5. The van der Waals surface area contributed by atoms with Crippen molar-refractivity contribution in [2.45, 2.75) is 25.6 Å². The van der Waals surface area contributed by atoms with Crippen molar-refractivity contribution in [2.75, 3.05) is 7.11 Å². The minimum Gasteiger partial charge on any atom is -0.468 e. The topological polar surface area (TPSA) is 63.9 Å². The molecule has 7 heteroatoms. The predicted molar refractivity (Wildman–Crippen MR) is 94.5 cm³/mol. The first-order valence-electron chi connectivity index (χ1n) is 8.00. The van der Waals surface area contributed by atoms with E-state index >= 15 is 0 Å². The van der Waals surface area contributed by atoms with Crippen LogP contribution in [0.15, 0.2) is 46.7 Å². The fourth-order valence-electron chi connectivity index (χ4n) is 3.29. The standard InChI is InChI=1S/C18H17N3O3S/c1-24-17(23)15-8-12-4-2-3-5-13(12)10-20(15)11-14-9-16(22)21-6-7-25-18(21)19-14/h2-7,9,15H,8,10-11H2,1H3. The van der Waals surface area contributed by atoms with Crippen LogP contribution in [0.5, 0.6) is 0 Å². The quantitative estimate of drug-likeness (QED) is 0.671. The van der Waals surface area contributed by atoms with Gasteiger partial charge in [0.15, 0.2) is 4.96 Å². The first-order chi connectivity index (χ1) is 12.2. The van der Waals surface area contributed by atoms with E-state index in [2.05, 4.69) is 11.1 Å². The number of esters is 1. The van der Waals surface area contributed by atoms with Gasteiger partial charge in [-0.25, -0.2) is 4.98 Å². The zero-order valence-electron chi connectivity index (χ0n) is 13.7. The summed E-state index contributed by atoms with van der Waals surface area (Å²) in [7, 11) is 1.41. The Morgan fingerprint density at radius 1 is 1.36 bits per heavy atom. The van der Waals surface area contributed by atoms with Crippen LogP contribution >= 0.6 is 11.3 Å². The molecule has 4 rings (SSSR count). The highest BCUT2D eigenvalue weighted by Gasteiger charge is 2.32. The second kappa shape index (κ2) is 6.42. The molecule has 128 valence electrons. The fraction of sp³-hybridized carbons (Fsp3) is 0.278. The first kappa shape index (κ1) is 16.0. The molecule has 1 atom stereocenters. The molecule has 1 aromatic carbocycles. The number of carbonyl (C=O) groups excluding carboxylic acids is 1. The summed E-state index contributed by atoms with van der Waals surface area (Å²) in [6.45, 7) is 1.05. The van der Waals surface area contributed by atoms with Gasteiger partial charge in [-0.15, -0.1) is 11.3 Å². The van der Waals surface area contributed by atoms with E-state index in [0.717, 1.165) is 5.56 Å². The normalized spacial score (nSPS) is 17.4. The molecule has 0 fully saturated rings. The van der Waals surface area contributed by atoms with Gasteiger partial charge < -0.3 is 4.74 Å². The van der Waals surface area contributed by atoms with Gasteiger partial charge in [0.25, 0.3) is 5.56 Å². The van der Waals surface area contributed by atoms with Gasteiger partial charge in [-0.05, 0) is 17.5 Å². The summed E-state index contributed by atoms with van der Waals surface area (Å²) in [5.41, 5.74) is 2.92. The molecule has 6 nitrogen and oxygen atoms in total. The lowest BCUT2D eigenvalue weighted by atomic mass is 9.94. The molecule has 3 heterocycles. The second-order valence-corrected chi connectivity index (χ2v) is 6.93. The number of fused-ring (bicyclic) bond motifs is 2. The lowest BCUT2D eigenvalue weighted by Gasteiger charge is -2.34. The molecule has 0 radical (unpaired) electrons. The molecule has 2 aromatic heterocycles. The summed E-state index contributed by atoms with van der Waals surface area (Å²) in [6.07, 6.45) is 2.32. The number of thiazole rings is 1. The van der Waals surface area contributed by atoms with E-state index in [9.17, 15) is 9.59 Å². The minimum absolute atomic E-state index is 0.103. The van der Waals surface area contributed by atoms with Crippen LogP contribution in [-0.2, 0) is 29.0 Å². The van der Waals surface area contributed by atoms with Gasteiger partial charge in [-0.2, -0.15) is 0 Å². The van der Waals surface area contributed by atoms with Crippen LogP contribution in [0.4, 0.5) is 0 Å². The molecular weight excluding hydrogens is 338 g/mol. The molecule has 3 aromatic rings. The summed E-state index contributed by atoms with van der Waals surface area (Å²) < 4.78 is 6.51. The maximum Gasteiger partial charge on any atom is 0.323 e. The van der Waals surface area contributed by atoms with E-state index < -0.39 is 0 Å². The van der Waals surface area contributed by atoms with Crippen LogP contribution < -0.4 is 5.56 Å². The molecule has 1 unspecified atom stereocenters. The Morgan fingerprint density at radius 3 is 2.96 bits per heavy atom. The van der Waals surface area contributed by atoms with Gasteiger partial charge in [-0.1, -0.05) is 24.3 Å². The molecule has 0 N–H and O–H groups in total. The predicted octanol–water partition coefficient (Wildman–Crippen LogP) is 1.86. The molecule has 1 aliphatic rings. The van der Waals surface area contributed by atoms with Crippen molar-refractivity contribution in [3.63, 3.8) is 0 Å². The number of ether oxygens (including phenoxy) is 1. The van der Waals surface area contributed by atoms with Gasteiger partial charge >= 0.3 is 5.97 Å². The third kappa shape index (κ3) is 2.96. The van der Waals surface area contributed by atoms with Gasteiger partial charge in [0.1, 0.15) is 6.04 Å². The third-order valence-corrected chi connectivity index (χ3v) is 5.30.